The summed E-state index contributed by atoms with van der Waals surface area (Å²) in [6.45, 7) is 3.41. The van der Waals surface area contributed by atoms with Gasteiger partial charge in [0.1, 0.15) is 6.54 Å². The third kappa shape index (κ3) is 6.73. The molecule has 176 valence electrons. The van der Waals surface area contributed by atoms with E-state index in [-0.39, 0.29) is 37.3 Å². The zero-order valence-electron chi connectivity index (χ0n) is 18.4. The lowest BCUT2D eigenvalue weighted by atomic mass is 10.2. The Morgan fingerprint density at radius 1 is 1.24 bits per heavy atom. The van der Waals surface area contributed by atoms with Crippen LogP contribution < -0.4 is 11.0 Å². The molecule has 0 unspecified atom stereocenters. The lowest BCUT2D eigenvalue weighted by Gasteiger charge is -2.09. The topological polar surface area (TPSA) is 125 Å². The van der Waals surface area contributed by atoms with Gasteiger partial charge in [-0.15, -0.1) is 5.10 Å². The van der Waals surface area contributed by atoms with Gasteiger partial charge in [0.15, 0.2) is 5.82 Å². The predicted octanol–water partition coefficient (Wildman–Crippen LogP) is 1.79. The Kier molecular flexibility index (Phi) is 7.67. The van der Waals surface area contributed by atoms with Crippen LogP contribution in [-0.4, -0.2) is 52.6 Å². The summed E-state index contributed by atoms with van der Waals surface area (Å²) < 4.78 is 29.3. The average molecular weight is 494 g/mol. The first-order valence-corrected chi connectivity index (χ1v) is 12.3. The number of nitrogens with zero attached hydrogens (tertiary/aromatic N) is 4. The van der Waals surface area contributed by atoms with Gasteiger partial charge in [0, 0.05) is 28.7 Å². The van der Waals surface area contributed by atoms with Crippen LogP contribution >= 0.6 is 11.6 Å². The van der Waals surface area contributed by atoms with Gasteiger partial charge in [-0.1, -0.05) is 23.7 Å². The number of carbonyl (C=O) groups is 1. The average Bonchev–Trinajstić information content (AvgIpc) is 3.03. The van der Waals surface area contributed by atoms with Crippen LogP contribution in [0, 0.1) is 0 Å². The van der Waals surface area contributed by atoms with Crippen molar-refractivity contribution in [3.05, 3.63) is 63.8 Å². The molecule has 0 aliphatic heterocycles. The zero-order valence-corrected chi connectivity index (χ0v) is 19.9. The zero-order chi connectivity index (χ0) is 24.2. The summed E-state index contributed by atoms with van der Waals surface area (Å²) in [6, 6.07) is 10.0. The largest absolute Gasteiger partial charge is 0.352 e. The summed E-state index contributed by atoms with van der Waals surface area (Å²) in [5.41, 5.74) is 1.04. The van der Waals surface area contributed by atoms with Crippen molar-refractivity contribution < 1.29 is 17.4 Å². The van der Waals surface area contributed by atoms with Gasteiger partial charge in [-0.3, -0.25) is 18.5 Å². The molecule has 3 aromatic rings. The van der Waals surface area contributed by atoms with E-state index in [0.29, 0.717) is 22.0 Å². The number of benzene rings is 1. The minimum atomic E-state index is -3.53. The molecule has 2 aromatic heterocycles. The van der Waals surface area contributed by atoms with Crippen LogP contribution in [0.25, 0.3) is 17.1 Å². The minimum Gasteiger partial charge on any atom is -0.352 e. The molecular weight excluding hydrogens is 470 g/mol. The van der Waals surface area contributed by atoms with Gasteiger partial charge in [0.2, 0.25) is 5.91 Å². The lowest BCUT2D eigenvalue weighted by molar-refractivity contribution is -0.122. The first-order chi connectivity index (χ1) is 15.5. The molecule has 3 rings (SSSR count). The van der Waals surface area contributed by atoms with E-state index in [0.717, 1.165) is 10.9 Å². The Morgan fingerprint density at radius 2 is 2.00 bits per heavy atom. The molecule has 0 atom stereocenters. The van der Waals surface area contributed by atoms with Gasteiger partial charge in [-0.05, 0) is 38.1 Å². The Morgan fingerprint density at radius 3 is 2.61 bits per heavy atom. The van der Waals surface area contributed by atoms with E-state index in [1.54, 1.807) is 36.4 Å². The number of hydrogen-bond donors (Lipinski definition) is 1. The SMILES string of the molecule is CC(C)NC(=O)Cn1c(-c2cccc(Cl)c2)nn(-c2ccc(CCOS(C)(=O)=O)nc2)c1=O. The molecule has 12 heteroatoms. The highest BCUT2D eigenvalue weighted by atomic mass is 35.5. The highest BCUT2D eigenvalue weighted by Gasteiger charge is 2.19. The second-order valence-corrected chi connectivity index (χ2v) is 9.70. The van der Waals surface area contributed by atoms with E-state index in [1.165, 1.54) is 10.8 Å². The summed E-state index contributed by atoms with van der Waals surface area (Å²) >= 11 is 6.11. The van der Waals surface area contributed by atoms with Gasteiger partial charge < -0.3 is 5.32 Å². The molecule has 0 fully saturated rings. The molecular formula is C21H24ClN5O5S. The highest BCUT2D eigenvalue weighted by Crippen LogP contribution is 2.21. The fourth-order valence-electron chi connectivity index (χ4n) is 3.05. The number of hydrogen-bond acceptors (Lipinski definition) is 7. The molecule has 0 spiro atoms. The third-order valence-corrected chi connectivity index (χ3v) is 5.24. The monoisotopic (exact) mass is 493 g/mol. The molecule has 0 radical (unpaired) electrons. The van der Waals surface area contributed by atoms with Crippen molar-refractivity contribution in [2.75, 3.05) is 12.9 Å². The standard InChI is InChI=1S/C21H24ClN5O5S/c1-14(2)24-19(28)13-26-20(15-5-4-6-16(22)11-15)25-27(21(26)29)18-8-7-17(23-12-18)9-10-32-33(3,30)31/h4-8,11-12,14H,9-10,13H2,1-3H3,(H,24,28). The number of halogens is 1. The van der Waals surface area contributed by atoms with Crippen LogP contribution in [0.4, 0.5) is 0 Å². The lowest BCUT2D eigenvalue weighted by Crippen LogP contribution is -2.36. The smallest absolute Gasteiger partial charge is 0.351 e. The van der Waals surface area contributed by atoms with Crippen molar-refractivity contribution in [2.45, 2.75) is 32.9 Å². The van der Waals surface area contributed by atoms with E-state index in [2.05, 4.69) is 15.4 Å². The van der Waals surface area contributed by atoms with Gasteiger partial charge in [0.25, 0.3) is 10.1 Å². The van der Waals surface area contributed by atoms with E-state index in [1.807, 2.05) is 13.8 Å². The van der Waals surface area contributed by atoms with Crippen LogP contribution in [0.2, 0.25) is 5.02 Å². The second kappa shape index (κ2) is 10.3. The number of carbonyl (C=O) groups excluding carboxylic acids is 1. The third-order valence-electron chi connectivity index (χ3n) is 4.41. The fourth-order valence-corrected chi connectivity index (χ4v) is 3.62. The van der Waals surface area contributed by atoms with E-state index in [9.17, 15) is 18.0 Å². The Labute approximate surface area is 196 Å². The molecule has 2 heterocycles. The molecule has 0 saturated carbocycles. The van der Waals surface area contributed by atoms with Crippen LogP contribution in [0.3, 0.4) is 0 Å². The van der Waals surface area contributed by atoms with Gasteiger partial charge in [0.05, 0.1) is 24.7 Å². The Bertz CT molecular complexity index is 1300. The first kappa shape index (κ1) is 24.6. The quantitative estimate of drug-likeness (QED) is 0.450. The molecule has 0 aliphatic rings. The first-order valence-electron chi connectivity index (χ1n) is 10.1. The van der Waals surface area contributed by atoms with Crippen molar-refractivity contribution in [3.8, 4) is 17.1 Å². The van der Waals surface area contributed by atoms with Gasteiger partial charge in [-0.25, -0.2) is 4.79 Å². The minimum absolute atomic E-state index is 0.0381. The molecule has 0 bridgehead atoms. The summed E-state index contributed by atoms with van der Waals surface area (Å²) in [7, 11) is -3.53. The van der Waals surface area contributed by atoms with Gasteiger partial charge >= 0.3 is 5.69 Å². The highest BCUT2D eigenvalue weighted by molar-refractivity contribution is 7.85. The van der Waals surface area contributed by atoms with Crippen molar-refractivity contribution >= 4 is 27.6 Å². The number of aromatic nitrogens is 4. The van der Waals surface area contributed by atoms with E-state index < -0.39 is 15.8 Å². The van der Waals surface area contributed by atoms with Crippen molar-refractivity contribution in [3.63, 3.8) is 0 Å². The van der Waals surface area contributed by atoms with Crippen molar-refractivity contribution in [1.82, 2.24) is 24.6 Å². The summed E-state index contributed by atoms with van der Waals surface area (Å²) in [5.74, 6) is -0.0405. The molecule has 1 aromatic carbocycles. The van der Waals surface area contributed by atoms with Gasteiger partial charge in [-0.2, -0.15) is 13.1 Å². The number of nitrogens with one attached hydrogen (secondary N) is 1. The number of rotatable bonds is 9. The van der Waals surface area contributed by atoms with Crippen LogP contribution in [0.5, 0.6) is 0 Å². The number of pyridine rings is 1. The molecule has 0 aliphatic carbocycles. The summed E-state index contributed by atoms with van der Waals surface area (Å²) in [4.78, 5) is 29.8. The van der Waals surface area contributed by atoms with Crippen LogP contribution in [0.1, 0.15) is 19.5 Å². The summed E-state index contributed by atoms with van der Waals surface area (Å²) in [5, 5.41) is 7.67. The molecule has 1 amide bonds. The maximum Gasteiger partial charge on any atom is 0.351 e. The van der Waals surface area contributed by atoms with Crippen LogP contribution in [-0.2, 0) is 32.1 Å². The molecule has 0 saturated heterocycles. The van der Waals surface area contributed by atoms with E-state index >= 15 is 0 Å². The second-order valence-electron chi connectivity index (χ2n) is 7.62. The van der Waals surface area contributed by atoms with E-state index in [4.69, 9.17) is 15.8 Å². The Balaban J connectivity index is 1.94. The molecule has 1 N–H and O–H groups in total. The fraction of sp³-hybridized carbons (Fsp3) is 0.333. The number of amides is 1. The Hall–Kier alpha value is -3.02. The molecule has 10 nitrogen and oxygen atoms in total. The maximum absolute atomic E-state index is 13.2. The normalized spacial score (nSPS) is 11.7. The summed E-state index contributed by atoms with van der Waals surface area (Å²) in [6.07, 6.45) is 2.70. The predicted molar refractivity (Wildman–Crippen MR) is 124 cm³/mol. The van der Waals surface area contributed by atoms with Crippen LogP contribution in [0.15, 0.2) is 47.4 Å². The molecule has 33 heavy (non-hydrogen) atoms. The van der Waals surface area contributed by atoms with Crippen molar-refractivity contribution in [1.29, 1.82) is 0 Å². The maximum atomic E-state index is 13.2. The van der Waals surface area contributed by atoms with Crippen molar-refractivity contribution in [2.24, 2.45) is 0 Å².